The van der Waals surface area contributed by atoms with Crippen LogP contribution in [0, 0.1) is 0 Å². The Morgan fingerprint density at radius 2 is 1.84 bits per heavy atom. The van der Waals surface area contributed by atoms with E-state index in [1.807, 2.05) is 64.0 Å². The minimum atomic E-state index is -0.313. The van der Waals surface area contributed by atoms with Gasteiger partial charge in [-0.25, -0.2) is 0 Å². The summed E-state index contributed by atoms with van der Waals surface area (Å²) in [7, 11) is 1.71. The zero-order valence-corrected chi connectivity index (χ0v) is 20.3. The van der Waals surface area contributed by atoms with E-state index >= 15 is 0 Å². The number of fused-ring (bicyclic) bond motifs is 1. The van der Waals surface area contributed by atoms with Crippen molar-refractivity contribution >= 4 is 41.5 Å². The zero-order chi connectivity index (χ0) is 21.5. The second-order valence-corrected chi connectivity index (χ2v) is 7.25. The van der Waals surface area contributed by atoms with Crippen molar-refractivity contribution in [1.82, 2.24) is 30.1 Å². The summed E-state index contributed by atoms with van der Waals surface area (Å²) < 4.78 is 7.32. The second kappa shape index (κ2) is 11.8. The van der Waals surface area contributed by atoms with Gasteiger partial charge in [-0.15, -0.1) is 34.2 Å². The van der Waals surface area contributed by atoms with E-state index in [0.717, 1.165) is 17.0 Å². The van der Waals surface area contributed by atoms with Crippen molar-refractivity contribution < 1.29 is 9.53 Å². The topological polar surface area (TPSA) is 96.2 Å². The van der Waals surface area contributed by atoms with Crippen molar-refractivity contribution in [3.05, 3.63) is 66.1 Å². The molecule has 0 bridgehead atoms. The number of carbonyl (C=O) groups is 1. The summed E-state index contributed by atoms with van der Waals surface area (Å²) in [6.45, 7) is 3.29. The number of ether oxygens (including phenoxy) is 1. The Hall–Kier alpha value is -2.73. The number of nitrogens with zero attached hydrogens (tertiary/aromatic N) is 5. The molecule has 170 valence electrons. The first-order chi connectivity index (χ1) is 15.3. The van der Waals surface area contributed by atoms with E-state index in [1.165, 1.54) is 0 Å². The van der Waals surface area contributed by atoms with Crippen LogP contribution in [0.5, 0.6) is 0 Å². The third-order valence-corrected chi connectivity index (χ3v) is 5.32. The van der Waals surface area contributed by atoms with Crippen LogP contribution in [-0.4, -0.2) is 71.3 Å². The fraction of sp³-hybridized carbons (Fsp3) is 0.364. The molecule has 1 aliphatic rings. The van der Waals surface area contributed by atoms with Crippen molar-refractivity contribution in [2.45, 2.75) is 12.5 Å². The number of aromatic nitrogens is 3. The molecular formula is C22H28IN7O2. The lowest BCUT2D eigenvalue weighted by Crippen LogP contribution is -2.47. The van der Waals surface area contributed by atoms with Gasteiger partial charge in [0.25, 0.3) is 0 Å². The maximum absolute atomic E-state index is 13.2. The van der Waals surface area contributed by atoms with Crippen LogP contribution in [0.1, 0.15) is 17.3 Å². The van der Waals surface area contributed by atoms with Crippen LogP contribution in [0.2, 0.25) is 0 Å². The summed E-state index contributed by atoms with van der Waals surface area (Å²) in [5.41, 5.74) is 1.77. The molecule has 32 heavy (non-hydrogen) atoms. The Morgan fingerprint density at radius 3 is 2.59 bits per heavy atom. The number of amides is 1. The van der Waals surface area contributed by atoms with E-state index in [9.17, 15) is 4.79 Å². The Labute approximate surface area is 204 Å². The van der Waals surface area contributed by atoms with Crippen LogP contribution in [0.15, 0.2) is 59.7 Å². The minimum absolute atomic E-state index is 0. The molecule has 4 rings (SSSR count). The van der Waals surface area contributed by atoms with E-state index < -0.39 is 0 Å². The number of aliphatic imine (C=N–C) groups is 1. The Kier molecular flexibility index (Phi) is 8.80. The maximum Gasteiger partial charge on any atom is 0.232 e. The normalized spacial score (nSPS) is 15.2. The summed E-state index contributed by atoms with van der Waals surface area (Å²) in [4.78, 5) is 19.4. The van der Waals surface area contributed by atoms with Gasteiger partial charge in [0.15, 0.2) is 17.4 Å². The van der Waals surface area contributed by atoms with Crippen LogP contribution < -0.4 is 10.6 Å². The molecule has 1 aromatic carbocycles. The molecule has 0 saturated carbocycles. The molecule has 1 atom stereocenters. The predicted octanol–water partition coefficient (Wildman–Crippen LogP) is 1.65. The van der Waals surface area contributed by atoms with E-state index in [2.05, 4.69) is 25.8 Å². The van der Waals surface area contributed by atoms with Gasteiger partial charge in [0.2, 0.25) is 5.91 Å². The molecule has 3 aromatic rings. The van der Waals surface area contributed by atoms with Gasteiger partial charge in [-0.3, -0.25) is 14.2 Å². The van der Waals surface area contributed by atoms with Crippen molar-refractivity contribution in [1.29, 1.82) is 0 Å². The largest absolute Gasteiger partial charge is 0.378 e. The van der Waals surface area contributed by atoms with Crippen LogP contribution in [0.4, 0.5) is 0 Å². The number of carbonyl (C=O) groups excluding carboxylic acids is 1. The summed E-state index contributed by atoms with van der Waals surface area (Å²) in [6, 6.07) is 15.6. The van der Waals surface area contributed by atoms with Gasteiger partial charge in [0, 0.05) is 32.9 Å². The molecule has 1 amide bonds. The minimum Gasteiger partial charge on any atom is -0.378 e. The third kappa shape index (κ3) is 5.74. The summed E-state index contributed by atoms with van der Waals surface area (Å²) in [5, 5.41) is 15.0. The molecule has 1 aliphatic heterocycles. The van der Waals surface area contributed by atoms with E-state index in [0.29, 0.717) is 45.4 Å². The first-order valence-electron chi connectivity index (χ1n) is 10.4. The zero-order valence-electron chi connectivity index (χ0n) is 18.0. The van der Waals surface area contributed by atoms with E-state index in [4.69, 9.17) is 4.74 Å². The van der Waals surface area contributed by atoms with Gasteiger partial charge in [-0.1, -0.05) is 36.4 Å². The van der Waals surface area contributed by atoms with Gasteiger partial charge in [-0.2, -0.15) is 0 Å². The Bertz CT molecular complexity index is 1030. The molecule has 10 heteroatoms. The molecule has 0 radical (unpaired) electrons. The number of rotatable bonds is 6. The molecule has 1 fully saturated rings. The van der Waals surface area contributed by atoms with Crippen molar-refractivity contribution in [2.24, 2.45) is 4.99 Å². The highest BCUT2D eigenvalue weighted by atomic mass is 127. The Morgan fingerprint density at radius 1 is 1.09 bits per heavy atom. The molecule has 0 spiro atoms. The van der Waals surface area contributed by atoms with Crippen LogP contribution in [0.25, 0.3) is 5.65 Å². The molecule has 1 unspecified atom stereocenters. The summed E-state index contributed by atoms with van der Waals surface area (Å²) in [6.07, 6.45) is 1.93. The number of benzene rings is 1. The number of hydrogen-bond acceptors (Lipinski definition) is 5. The number of nitrogens with one attached hydrogen (secondary N) is 2. The lowest BCUT2D eigenvalue weighted by molar-refractivity contribution is -0.136. The quantitative estimate of drug-likeness (QED) is 0.276. The lowest BCUT2D eigenvalue weighted by Gasteiger charge is -2.31. The van der Waals surface area contributed by atoms with Gasteiger partial charge in [-0.05, 0) is 17.7 Å². The van der Waals surface area contributed by atoms with Crippen LogP contribution in [0.3, 0.4) is 0 Å². The SMILES string of the molecule is CN=C(NCc1nnc2ccccn12)NCC(C(=O)N1CCOCC1)c1ccccc1.I. The fourth-order valence-electron chi connectivity index (χ4n) is 3.63. The standard InChI is InChI=1S/C22H27N7O2.HI/c1-23-22(25-16-20-27-26-19-9-5-6-10-29(19)20)24-15-18(17-7-3-2-4-8-17)21(30)28-11-13-31-14-12-28;/h2-10,18H,11-16H2,1H3,(H2,23,24,25);1H. The number of guanidine groups is 1. The number of hydrogen-bond donors (Lipinski definition) is 2. The number of pyridine rings is 1. The fourth-order valence-corrected chi connectivity index (χ4v) is 3.63. The highest BCUT2D eigenvalue weighted by molar-refractivity contribution is 14.0. The summed E-state index contributed by atoms with van der Waals surface area (Å²) in [5.74, 6) is 1.17. The smallest absolute Gasteiger partial charge is 0.232 e. The Balaban J connectivity index is 0.00000289. The lowest BCUT2D eigenvalue weighted by atomic mass is 9.97. The molecular weight excluding hydrogens is 521 g/mol. The number of morpholine rings is 1. The second-order valence-electron chi connectivity index (χ2n) is 7.25. The molecule has 9 nitrogen and oxygen atoms in total. The monoisotopic (exact) mass is 549 g/mol. The molecule has 2 N–H and O–H groups in total. The molecule has 1 saturated heterocycles. The van der Waals surface area contributed by atoms with Gasteiger partial charge < -0.3 is 20.3 Å². The highest BCUT2D eigenvalue weighted by Gasteiger charge is 2.27. The average Bonchev–Trinajstić information content (AvgIpc) is 3.25. The molecule has 2 aromatic heterocycles. The van der Waals surface area contributed by atoms with E-state index in [-0.39, 0.29) is 35.8 Å². The van der Waals surface area contributed by atoms with Crippen molar-refractivity contribution in [3.63, 3.8) is 0 Å². The van der Waals surface area contributed by atoms with Crippen LogP contribution >= 0.6 is 24.0 Å². The molecule has 0 aliphatic carbocycles. The van der Waals surface area contributed by atoms with E-state index in [1.54, 1.807) is 7.05 Å². The highest BCUT2D eigenvalue weighted by Crippen LogP contribution is 2.19. The number of halogens is 1. The average molecular weight is 549 g/mol. The van der Waals surface area contributed by atoms with Gasteiger partial charge in [0.1, 0.15) is 0 Å². The first kappa shape index (κ1) is 23.9. The molecule has 3 heterocycles. The maximum atomic E-state index is 13.2. The summed E-state index contributed by atoms with van der Waals surface area (Å²) >= 11 is 0. The third-order valence-electron chi connectivity index (χ3n) is 5.32. The van der Waals surface area contributed by atoms with Gasteiger partial charge in [0.05, 0.1) is 25.7 Å². The first-order valence-corrected chi connectivity index (χ1v) is 10.4. The van der Waals surface area contributed by atoms with Crippen molar-refractivity contribution in [3.8, 4) is 0 Å². The van der Waals surface area contributed by atoms with Crippen LogP contribution in [-0.2, 0) is 16.1 Å². The predicted molar refractivity (Wildman–Crippen MR) is 133 cm³/mol. The van der Waals surface area contributed by atoms with Crippen molar-refractivity contribution in [2.75, 3.05) is 39.9 Å². The van der Waals surface area contributed by atoms with Gasteiger partial charge >= 0.3 is 0 Å².